The summed E-state index contributed by atoms with van der Waals surface area (Å²) < 4.78 is 18.9. The zero-order valence-electron chi connectivity index (χ0n) is 13.8. The molecular weight excluding hydrogens is 369 g/mol. The summed E-state index contributed by atoms with van der Waals surface area (Å²) in [5.41, 5.74) is -0.480. The molecule has 0 saturated heterocycles. The van der Waals surface area contributed by atoms with Crippen molar-refractivity contribution in [1.29, 1.82) is 0 Å². The second-order valence-electron chi connectivity index (χ2n) is 6.39. The Morgan fingerprint density at radius 3 is 2.26 bits per heavy atom. The molecule has 1 N–H and O–H groups in total. The molecular formula is C16H21BrFNO4. The summed E-state index contributed by atoms with van der Waals surface area (Å²) in [6, 6.07) is 1.95. The van der Waals surface area contributed by atoms with E-state index in [0.717, 1.165) is 11.0 Å². The Morgan fingerprint density at radius 2 is 1.87 bits per heavy atom. The minimum absolute atomic E-state index is 0.276. The molecule has 7 heteroatoms. The standard InChI is InChI=1S/C16H21BrFNO4/c1-9(2)19(15(22)23-16(3,4)5)13(14(20)21)11-7-6-10(18)8-12(11)17/h6-9,13H,1-5H3,(H,20,21). The first-order chi connectivity index (χ1) is 10.4. The van der Waals surface area contributed by atoms with Gasteiger partial charge in [-0.2, -0.15) is 0 Å². The van der Waals surface area contributed by atoms with Gasteiger partial charge in [0.2, 0.25) is 0 Å². The van der Waals surface area contributed by atoms with E-state index >= 15 is 0 Å². The first-order valence-corrected chi connectivity index (χ1v) is 7.92. The van der Waals surface area contributed by atoms with Gasteiger partial charge in [-0.3, -0.25) is 4.90 Å². The van der Waals surface area contributed by atoms with Gasteiger partial charge in [-0.1, -0.05) is 22.0 Å². The molecule has 0 aliphatic rings. The summed E-state index contributed by atoms with van der Waals surface area (Å²) in [4.78, 5) is 25.4. The number of nitrogens with zero attached hydrogens (tertiary/aromatic N) is 1. The molecule has 23 heavy (non-hydrogen) atoms. The van der Waals surface area contributed by atoms with Gasteiger partial charge in [-0.15, -0.1) is 0 Å². The molecule has 128 valence electrons. The summed E-state index contributed by atoms with van der Waals surface area (Å²) >= 11 is 3.16. The lowest BCUT2D eigenvalue weighted by atomic mass is 10.0. The van der Waals surface area contributed by atoms with Gasteiger partial charge in [-0.05, 0) is 46.8 Å². The van der Waals surface area contributed by atoms with Crippen LogP contribution in [0.25, 0.3) is 0 Å². The van der Waals surface area contributed by atoms with Crippen molar-refractivity contribution >= 4 is 28.0 Å². The normalized spacial score (nSPS) is 12.9. The highest BCUT2D eigenvalue weighted by Crippen LogP contribution is 2.31. The van der Waals surface area contributed by atoms with E-state index in [-0.39, 0.29) is 10.0 Å². The van der Waals surface area contributed by atoms with Gasteiger partial charge in [0.05, 0.1) is 0 Å². The Morgan fingerprint density at radius 1 is 1.30 bits per heavy atom. The monoisotopic (exact) mass is 389 g/mol. The lowest BCUT2D eigenvalue weighted by molar-refractivity contribution is -0.144. The molecule has 1 aromatic carbocycles. The van der Waals surface area contributed by atoms with E-state index in [2.05, 4.69) is 15.9 Å². The topological polar surface area (TPSA) is 66.8 Å². The van der Waals surface area contributed by atoms with Gasteiger partial charge in [-0.25, -0.2) is 14.0 Å². The smallest absolute Gasteiger partial charge is 0.411 e. The minimum Gasteiger partial charge on any atom is -0.479 e. The minimum atomic E-state index is -1.29. The van der Waals surface area contributed by atoms with E-state index < -0.39 is 35.6 Å². The number of hydrogen-bond donors (Lipinski definition) is 1. The number of hydrogen-bond acceptors (Lipinski definition) is 3. The van der Waals surface area contributed by atoms with Crippen LogP contribution in [0.1, 0.15) is 46.2 Å². The van der Waals surface area contributed by atoms with Crippen molar-refractivity contribution in [2.24, 2.45) is 0 Å². The fourth-order valence-electron chi connectivity index (χ4n) is 2.05. The van der Waals surface area contributed by atoms with Gasteiger partial charge in [0.25, 0.3) is 0 Å². The van der Waals surface area contributed by atoms with Crippen LogP contribution >= 0.6 is 15.9 Å². The number of aliphatic carboxylic acids is 1. The fraction of sp³-hybridized carbons (Fsp3) is 0.500. The first kappa shape index (κ1) is 19.4. The van der Waals surface area contributed by atoms with Crippen molar-refractivity contribution in [2.75, 3.05) is 0 Å². The van der Waals surface area contributed by atoms with E-state index in [4.69, 9.17) is 4.74 Å². The van der Waals surface area contributed by atoms with Crippen molar-refractivity contribution in [3.63, 3.8) is 0 Å². The summed E-state index contributed by atoms with van der Waals surface area (Å²) in [7, 11) is 0. The third-order valence-corrected chi connectivity index (χ3v) is 3.62. The van der Waals surface area contributed by atoms with Crippen LogP contribution in [0.15, 0.2) is 22.7 Å². The molecule has 1 unspecified atom stereocenters. The second-order valence-corrected chi connectivity index (χ2v) is 7.24. The van der Waals surface area contributed by atoms with Crippen molar-refractivity contribution < 1.29 is 23.8 Å². The summed E-state index contributed by atoms with van der Waals surface area (Å²) in [5.74, 6) is -1.73. The molecule has 0 radical (unpaired) electrons. The van der Waals surface area contributed by atoms with Crippen LogP contribution < -0.4 is 0 Å². The van der Waals surface area contributed by atoms with Crippen LogP contribution in [-0.2, 0) is 9.53 Å². The maximum absolute atomic E-state index is 13.3. The molecule has 0 fully saturated rings. The predicted molar refractivity (Wildman–Crippen MR) is 87.7 cm³/mol. The quantitative estimate of drug-likeness (QED) is 0.830. The fourth-order valence-corrected chi connectivity index (χ4v) is 2.62. The average Bonchev–Trinajstić information content (AvgIpc) is 2.33. The highest BCUT2D eigenvalue weighted by atomic mass is 79.9. The Hall–Kier alpha value is -1.63. The number of benzene rings is 1. The number of carbonyl (C=O) groups excluding carboxylic acids is 1. The molecule has 0 heterocycles. The largest absolute Gasteiger partial charge is 0.479 e. The van der Waals surface area contributed by atoms with Gasteiger partial charge in [0, 0.05) is 16.1 Å². The third-order valence-electron chi connectivity index (χ3n) is 2.93. The van der Waals surface area contributed by atoms with E-state index in [1.165, 1.54) is 12.1 Å². The number of rotatable bonds is 4. The number of carboxylic acids is 1. The number of carbonyl (C=O) groups is 2. The molecule has 0 aliphatic heterocycles. The molecule has 1 rings (SSSR count). The molecule has 1 amide bonds. The Labute approximate surface area is 143 Å². The molecule has 1 atom stereocenters. The first-order valence-electron chi connectivity index (χ1n) is 7.13. The Bertz CT molecular complexity index is 598. The molecule has 0 aromatic heterocycles. The maximum atomic E-state index is 13.3. The van der Waals surface area contributed by atoms with Crippen molar-refractivity contribution in [2.45, 2.75) is 52.3 Å². The van der Waals surface area contributed by atoms with Gasteiger partial charge in [0.15, 0.2) is 6.04 Å². The van der Waals surface area contributed by atoms with Crippen molar-refractivity contribution in [3.8, 4) is 0 Å². The highest BCUT2D eigenvalue weighted by molar-refractivity contribution is 9.10. The van der Waals surface area contributed by atoms with Gasteiger partial charge in [0.1, 0.15) is 11.4 Å². The van der Waals surface area contributed by atoms with Crippen LogP contribution in [0.4, 0.5) is 9.18 Å². The summed E-state index contributed by atoms with van der Waals surface area (Å²) in [6.07, 6.45) is -0.740. The highest BCUT2D eigenvalue weighted by Gasteiger charge is 2.37. The lowest BCUT2D eigenvalue weighted by Gasteiger charge is -2.34. The SMILES string of the molecule is CC(C)N(C(=O)OC(C)(C)C)C(C(=O)O)c1ccc(F)cc1Br. The Kier molecular flexibility index (Phi) is 6.16. The molecule has 0 aliphatic carbocycles. The maximum Gasteiger partial charge on any atom is 0.411 e. The molecule has 0 spiro atoms. The van der Waals surface area contributed by atoms with Crippen molar-refractivity contribution in [1.82, 2.24) is 4.90 Å². The van der Waals surface area contributed by atoms with Crippen molar-refractivity contribution in [3.05, 3.63) is 34.1 Å². The van der Waals surface area contributed by atoms with Gasteiger partial charge >= 0.3 is 12.1 Å². The second kappa shape index (κ2) is 7.29. The average molecular weight is 390 g/mol. The summed E-state index contributed by atoms with van der Waals surface area (Å²) in [6.45, 7) is 8.49. The van der Waals surface area contributed by atoms with E-state index in [0.29, 0.717) is 0 Å². The van der Waals surface area contributed by atoms with Crippen LogP contribution in [0.3, 0.4) is 0 Å². The molecule has 0 saturated carbocycles. The van der Waals surface area contributed by atoms with E-state index in [1.54, 1.807) is 34.6 Å². The van der Waals surface area contributed by atoms with E-state index in [1.807, 2.05) is 0 Å². The zero-order chi connectivity index (χ0) is 17.9. The van der Waals surface area contributed by atoms with Crippen LogP contribution in [0, 0.1) is 5.82 Å². The van der Waals surface area contributed by atoms with Crippen LogP contribution in [-0.4, -0.2) is 33.7 Å². The predicted octanol–water partition coefficient (Wildman–Crippen LogP) is 4.36. The molecule has 5 nitrogen and oxygen atoms in total. The van der Waals surface area contributed by atoms with Crippen LogP contribution in [0.5, 0.6) is 0 Å². The zero-order valence-corrected chi connectivity index (χ0v) is 15.3. The van der Waals surface area contributed by atoms with E-state index in [9.17, 15) is 19.1 Å². The van der Waals surface area contributed by atoms with Crippen LogP contribution in [0.2, 0.25) is 0 Å². The number of ether oxygens (including phenoxy) is 1. The molecule has 0 bridgehead atoms. The number of carboxylic acid groups (broad SMARTS) is 1. The number of amides is 1. The molecule has 1 aromatic rings. The third kappa shape index (κ3) is 5.20. The van der Waals surface area contributed by atoms with Gasteiger partial charge < -0.3 is 9.84 Å². The summed E-state index contributed by atoms with van der Waals surface area (Å²) in [5, 5.41) is 9.62. The Balaban J connectivity index is 3.33. The lowest BCUT2D eigenvalue weighted by Crippen LogP contribution is -2.46. The number of halogens is 2.